The molecule has 1 atom stereocenters. The molecule has 1 aromatic heterocycles. The van der Waals surface area contributed by atoms with E-state index in [2.05, 4.69) is 15.0 Å². The maximum absolute atomic E-state index is 11.7. The fourth-order valence-electron chi connectivity index (χ4n) is 1.26. The van der Waals surface area contributed by atoms with E-state index in [9.17, 15) is 9.90 Å². The molecule has 0 spiro atoms. The predicted molar refractivity (Wildman–Crippen MR) is 71.1 cm³/mol. The number of nitrogens with one attached hydrogen (secondary N) is 2. The van der Waals surface area contributed by atoms with Gasteiger partial charge in [-0.05, 0) is 16.9 Å². The zero-order valence-electron chi connectivity index (χ0n) is 11.0. The Hall–Kier alpha value is -1.34. The molecule has 0 aliphatic heterocycles. The van der Waals surface area contributed by atoms with Gasteiger partial charge in [-0.3, -0.25) is 5.32 Å². The van der Waals surface area contributed by atoms with Crippen molar-refractivity contribution in [2.45, 2.75) is 26.8 Å². The van der Waals surface area contributed by atoms with Gasteiger partial charge in [0.2, 0.25) is 5.88 Å². The molecule has 0 bridgehead atoms. The topological polar surface area (TPSA) is 83.5 Å². The number of aliphatic hydroxyl groups excluding tert-OH is 1. The molecule has 18 heavy (non-hydrogen) atoms. The number of aliphatic hydroxyl groups is 1. The molecule has 7 heteroatoms. The third-order valence-corrected chi connectivity index (χ3v) is 3.16. The Morgan fingerprint density at radius 2 is 2.28 bits per heavy atom. The summed E-state index contributed by atoms with van der Waals surface area (Å²) in [6.07, 6.45) is 0. The maximum Gasteiger partial charge on any atom is 0.320 e. The van der Waals surface area contributed by atoms with E-state index >= 15 is 0 Å². The summed E-state index contributed by atoms with van der Waals surface area (Å²) in [5.41, 5.74) is -0.211. The number of urea groups is 1. The molecule has 2 amide bonds. The fraction of sp³-hybridized carbons (Fsp3) is 0.636. The number of hydrogen-bond donors (Lipinski definition) is 3. The standard InChI is InChI=1S/C11H19N3O3S/c1-11(2,3)7(6-15)12-10(16)13-9-5-8(17-4)14-18-9/h5,7,15H,6H2,1-4H3,(H2,12,13,16)/t7-/m0/s1. The Bertz CT molecular complexity index is 400. The van der Waals surface area contributed by atoms with Crippen LogP contribution in [-0.2, 0) is 0 Å². The van der Waals surface area contributed by atoms with Gasteiger partial charge in [0.1, 0.15) is 5.00 Å². The number of carbonyl (C=O) groups excluding carboxylic acids is 1. The summed E-state index contributed by atoms with van der Waals surface area (Å²) in [4.78, 5) is 11.7. The molecule has 0 saturated heterocycles. The van der Waals surface area contributed by atoms with E-state index in [1.54, 1.807) is 6.07 Å². The Kier molecular flexibility index (Phi) is 4.92. The fourth-order valence-corrected chi connectivity index (χ4v) is 1.86. The molecule has 102 valence electrons. The second-order valence-electron chi connectivity index (χ2n) is 4.93. The van der Waals surface area contributed by atoms with Gasteiger partial charge < -0.3 is 15.2 Å². The zero-order valence-corrected chi connectivity index (χ0v) is 11.8. The molecular formula is C11H19N3O3S. The van der Waals surface area contributed by atoms with Gasteiger partial charge in [-0.25, -0.2) is 4.79 Å². The highest BCUT2D eigenvalue weighted by molar-refractivity contribution is 7.10. The van der Waals surface area contributed by atoms with E-state index in [1.807, 2.05) is 20.8 Å². The molecule has 0 aliphatic rings. The predicted octanol–water partition coefficient (Wildman–Crippen LogP) is 1.68. The summed E-state index contributed by atoms with van der Waals surface area (Å²) in [5, 5.41) is 15.2. The minimum absolute atomic E-state index is 0.108. The van der Waals surface area contributed by atoms with Gasteiger partial charge >= 0.3 is 6.03 Å². The molecule has 0 unspecified atom stereocenters. The first-order valence-corrected chi connectivity index (χ1v) is 6.33. The first-order valence-electron chi connectivity index (χ1n) is 5.56. The molecular weight excluding hydrogens is 254 g/mol. The Morgan fingerprint density at radius 3 is 2.72 bits per heavy atom. The van der Waals surface area contributed by atoms with Crippen molar-refractivity contribution in [3.63, 3.8) is 0 Å². The SMILES string of the molecule is COc1cc(NC(=O)N[C@@H](CO)C(C)(C)C)sn1. The zero-order chi connectivity index (χ0) is 13.8. The van der Waals surface area contributed by atoms with Gasteiger partial charge in [0.25, 0.3) is 0 Å². The Morgan fingerprint density at radius 1 is 1.61 bits per heavy atom. The van der Waals surface area contributed by atoms with Crippen molar-refractivity contribution in [2.75, 3.05) is 19.0 Å². The summed E-state index contributed by atoms with van der Waals surface area (Å²) in [5.74, 6) is 0.463. The van der Waals surface area contributed by atoms with Crippen molar-refractivity contribution in [1.82, 2.24) is 9.69 Å². The minimum Gasteiger partial charge on any atom is -0.480 e. The lowest BCUT2D eigenvalue weighted by atomic mass is 9.87. The highest BCUT2D eigenvalue weighted by Crippen LogP contribution is 2.22. The van der Waals surface area contributed by atoms with Gasteiger partial charge in [0.15, 0.2) is 0 Å². The summed E-state index contributed by atoms with van der Waals surface area (Å²) >= 11 is 1.14. The van der Waals surface area contributed by atoms with Crippen LogP contribution >= 0.6 is 11.5 Å². The van der Waals surface area contributed by atoms with Crippen LogP contribution in [0.4, 0.5) is 9.80 Å². The van der Waals surface area contributed by atoms with Crippen LogP contribution in [0.2, 0.25) is 0 Å². The highest BCUT2D eigenvalue weighted by atomic mass is 32.1. The Balaban J connectivity index is 2.55. The molecule has 0 aromatic carbocycles. The van der Waals surface area contributed by atoms with Gasteiger partial charge in [-0.1, -0.05) is 20.8 Å². The van der Waals surface area contributed by atoms with Gasteiger partial charge in [-0.2, -0.15) is 4.37 Å². The Labute approximate surface area is 111 Å². The molecule has 0 aliphatic carbocycles. The maximum atomic E-state index is 11.7. The van der Waals surface area contributed by atoms with Crippen LogP contribution in [0.25, 0.3) is 0 Å². The van der Waals surface area contributed by atoms with Crippen LogP contribution in [0.15, 0.2) is 6.07 Å². The van der Waals surface area contributed by atoms with E-state index in [-0.39, 0.29) is 24.1 Å². The van der Waals surface area contributed by atoms with Crippen molar-refractivity contribution in [2.24, 2.45) is 5.41 Å². The van der Waals surface area contributed by atoms with Crippen LogP contribution in [0.1, 0.15) is 20.8 Å². The molecule has 1 aromatic rings. The van der Waals surface area contributed by atoms with Crippen molar-refractivity contribution >= 4 is 22.6 Å². The van der Waals surface area contributed by atoms with E-state index in [4.69, 9.17) is 4.74 Å². The molecule has 0 saturated carbocycles. The first-order chi connectivity index (χ1) is 8.36. The third-order valence-electron chi connectivity index (χ3n) is 2.47. The molecule has 6 nitrogen and oxygen atoms in total. The van der Waals surface area contributed by atoms with Crippen LogP contribution < -0.4 is 15.4 Å². The largest absolute Gasteiger partial charge is 0.480 e. The van der Waals surface area contributed by atoms with Crippen molar-refractivity contribution in [3.05, 3.63) is 6.07 Å². The average Bonchev–Trinajstić information content (AvgIpc) is 2.72. The van der Waals surface area contributed by atoms with Crippen LogP contribution in [-0.4, -0.2) is 35.3 Å². The second kappa shape index (κ2) is 6.01. The molecule has 0 radical (unpaired) electrons. The number of ether oxygens (including phenoxy) is 1. The van der Waals surface area contributed by atoms with Crippen molar-refractivity contribution in [3.8, 4) is 5.88 Å². The van der Waals surface area contributed by atoms with E-state index in [0.29, 0.717) is 10.9 Å². The monoisotopic (exact) mass is 273 g/mol. The van der Waals surface area contributed by atoms with Gasteiger partial charge in [0, 0.05) is 6.07 Å². The number of rotatable bonds is 4. The number of carbonyl (C=O) groups is 1. The van der Waals surface area contributed by atoms with E-state index in [1.165, 1.54) is 7.11 Å². The molecule has 3 N–H and O–H groups in total. The summed E-state index contributed by atoms with van der Waals surface area (Å²) < 4.78 is 8.88. The second-order valence-corrected chi connectivity index (χ2v) is 5.74. The number of methoxy groups -OCH3 is 1. The molecule has 0 fully saturated rings. The van der Waals surface area contributed by atoms with Crippen LogP contribution in [0.3, 0.4) is 0 Å². The minimum atomic E-state index is -0.365. The third kappa shape index (κ3) is 4.15. The number of anilines is 1. The molecule has 1 rings (SSSR count). The first kappa shape index (κ1) is 14.7. The van der Waals surface area contributed by atoms with E-state index < -0.39 is 0 Å². The van der Waals surface area contributed by atoms with Crippen LogP contribution in [0.5, 0.6) is 5.88 Å². The van der Waals surface area contributed by atoms with E-state index in [0.717, 1.165) is 11.5 Å². The summed E-state index contributed by atoms with van der Waals surface area (Å²) in [7, 11) is 1.51. The lowest BCUT2D eigenvalue weighted by molar-refractivity contribution is 0.162. The summed E-state index contributed by atoms with van der Waals surface area (Å²) in [6, 6.07) is 0.956. The number of nitrogens with zero attached hydrogens (tertiary/aromatic N) is 1. The smallest absolute Gasteiger partial charge is 0.320 e. The van der Waals surface area contributed by atoms with Gasteiger partial charge in [-0.15, -0.1) is 0 Å². The number of aromatic nitrogens is 1. The van der Waals surface area contributed by atoms with Gasteiger partial charge in [0.05, 0.1) is 19.8 Å². The average molecular weight is 273 g/mol. The van der Waals surface area contributed by atoms with Crippen LogP contribution in [0, 0.1) is 5.41 Å². The normalized spacial score (nSPS) is 12.9. The lowest BCUT2D eigenvalue weighted by Gasteiger charge is -2.29. The number of hydrogen-bond acceptors (Lipinski definition) is 5. The quantitative estimate of drug-likeness (QED) is 0.779. The lowest BCUT2D eigenvalue weighted by Crippen LogP contribution is -2.47. The van der Waals surface area contributed by atoms with Crippen molar-refractivity contribution in [1.29, 1.82) is 0 Å². The molecule has 1 heterocycles. The summed E-state index contributed by atoms with van der Waals surface area (Å²) in [6.45, 7) is 5.74. The number of amides is 2. The van der Waals surface area contributed by atoms with Crippen molar-refractivity contribution < 1.29 is 14.6 Å². The highest BCUT2D eigenvalue weighted by Gasteiger charge is 2.25.